The number of aromatic amines is 1. The summed E-state index contributed by atoms with van der Waals surface area (Å²) in [7, 11) is 0. The molecule has 1 amide bonds. The van der Waals surface area contributed by atoms with Crippen LogP contribution in [0.25, 0.3) is 6.58 Å². The van der Waals surface area contributed by atoms with Gasteiger partial charge in [-0.05, 0) is 18.6 Å². The van der Waals surface area contributed by atoms with E-state index in [2.05, 4.69) is 21.9 Å². The number of hydrogen-bond acceptors (Lipinski definition) is 4. The van der Waals surface area contributed by atoms with E-state index in [9.17, 15) is 14.0 Å². The molecule has 4 rings (SSSR count). The van der Waals surface area contributed by atoms with Crippen LogP contribution in [0.5, 0.6) is 5.75 Å². The lowest BCUT2D eigenvalue weighted by Gasteiger charge is -2.18. The molecule has 7 nitrogen and oxygen atoms in total. The standard InChI is InChI=1S/C21H19FN4O3/c1-12-19(27)25-21-24-18-15(11-26(12)21)8-16(9-17(18)22)29-13(2)20(28)23-10-14-6-4-3-5-7-14/h3-9,13H,1,10-11H2,2H3,(H,23,28)(H,24,25,27). The third kappa shape index (κ3) is 3.69. The van der Waals surface area contributed by atoms with Gasteiger partial charge in [0.15, 0.2) is 11.9 Å². The fourth-order valence-electron chi connectivity index (χ4n) is 3.16. The Morgan fingerprint density at radius 1 is 1.38 bits per heavy atom. The maximum Gasteiger partial charge on any atom is 0.274 e. The van der Waals surface area contributed by atoms with Crippen LogP contribution >= 0.6 is 0 Å². The average molecular weight is 394 g/mol. The Labute approximate surface area is 165 Å². The first-order valence-electron chi connectivity index (χ1n) is 9.09. The van der Waals surface area contributed by atoms with Gasteiger partial charge in [-0.1, -0.05) is 36.9 Å². The maximum atomic E-state index is 14.6. The van der Waals surface area contributed by atoms with E-state index < -0.39 is 11.9 Å². The lowest BCUT2D eigenvalue weighted by Crippen LogP contribution is -2.36. The van der Waals surface area contributed by atoms with Crippen molar-refractivity contribution in [3.8, 4) is 5.75 Å². The molecule has 1 aliphatic heterocycles. The molecule has 0 radical (unpaired) electrons. The van der Waals surface area contributed by atoms with Crippen LogP contribution in [0.1, 0.15) is 18.1 Å². The van der Waals surface area contributed by atoms with Gasteiger partial charge in [-0.15, -0.1) is 0 Å². The number of hydrogen-bond donors (Lipinski definition) is 2. The average Bonchev–Trinajstić information content (AvgIpc) is 2.99. The second kappa shape index (κ2) is 7.38. The molecule has 2 N–H and O–H groups in total. The number of imidazole rings is 1. The lowest BCUT2D eigenvalue weighted by atomic mass is 10.1. The van der Waals surface area contributed by atoms with Crippen molar-refractivity contribution in [2.24, 2.45) is 4.99 Å². The van der Waals surface area contributed by atoms with Crippen LogP contribution in [-0.4, -0.2) is 21.6 Å². The number of nitrogens with zero attached hydrogens (tertiary/aromatic N) is 2. The van der Waals surface area contributed by atoms with Gasteiger partial charge in [0.1, 0.15) is 16.8 Å². The highest BCUT2D eigenvalue weighted by atomic mass is 19.1. The summed E-state index contributed by atoms with van der Waals surface area (Å²) in [6.07, 6.45) is -0.816. The molecule has 0 spiro atoms. The van der Waals surface area contributed by atoms with Crippen LogP contribution in [0.15, 0.2) is 52.3 Å². The monoisotopic (exact) mass is 394 g/mol. The smallest absolute Gasteiger partial charge is 0.274 e. The van der Waals surface area contributed by atoms with Gasteiger partial charge in [-0.2, -0.15) is 0 Å². The Morgan fingerprint density at radius 2 is 2.14 bits per heavy atom. The number of carbonyl (C=O) groups excluding carboxylic acids is 1. The fraction of sp³-hybridized carbons (Fsp3) is 0.190. The summed E-state index contributed by atoms with van der Waals surface area (Å²) in [4.78, 5) is 30.8. The molecule has 1 unspecified atom stereocenters. The molecular weight excluding hydrogens is 375 g/mol. The summed E-state index contributed by atoms with van der Waals surface area (Å²) >= 11 is 0. The number of H-pyrrole nitrogens is 1. The van der Waals surface area contributed by atoms with Gasteiger partial charge >= 0.3 is 0 Å². The first-order chi connectivity index (χ1) is 13.9. The fourth-order valence-corrected chi connectivity index (χ4v) is 3.16. The molecule has 1 aromatic heterocycles. The predicted octanol–water partition coefficient (Wildman–Crippen LogP) is 1.12. The molecule has 0 fully saturated rings. The van der Waals surface area contributed by atoms with Crippen LogP contribution in [0, 0.1) is 5.82 Å². The largest absolute Gasteiger partial charge is 0.481 e. The Morgan fingerprint density at radius 3 is 2.90 bits per heavy atom. The van der Waals surface area contributed by atoms with Crippen molar-refractivity contribution in [2.45, 2.75) is 26.1 Å². The number of ether oxygens (including phenoxy) is 1. The minimum Gasteiger partial charge on any atom is -0.481 e. The van der Waals surface area contributed by atoms with Crippen molar-refractivity contribution in [3.63, 3.8) is 0 Å². The number of carbonyl (C=O) groups is 1. The second-order valence-electron chi connectivity index (χ2n) is 6.80. The van der Waals surface area contributed by atoms with E-state index in [0.29, 0.717) is 12.1 Å². The van der Waals surface area contributed by atoms with E-state index in [-0.39, 0.29) is 40.4 Å². The first-order valence-corrected chi connectivity index (χ1v) is 9.09. The van der Waals surface area contributed by atoms with Gasteiger partial charge in [0, 0.05) is 18.2 Å². The molecule has 0 saturated heterocycles. The first kappa shape index (κ1) is 18.7. The van der Waals surface area contributed by atoms with Crippen molar-refractivity contribution in [3.05, 3.63) is 80.7 Å². The van der Waals surface area contributed by atoms with Gasteiger partial charge in [-0.3, -0.25) is 14.6 Å². The second-order valence-corrected chi connectivity index (χ2v) is 6.80. The summed E-state index contributed by atoms with van der Waals surface area (Å²) in [5, 5.41) is 3.04. The van der Waals surface area contributed by atoms with E-state index in [1.165, 1.54) is 6.07 Å². The van der Waals surface area contributed by atoms with E-state index >= 15 is 0 Å². The number of benzene rings is 2. The topological polar surface area (TPSA) is 88.5 Å². The third-order valence-corrected chi connectivity index (χ3v) is 4.72. The highest BCUT2D eigenvalue weighted by molar-refractivity contribution is 5.80. The summed E-state index contributed by atoms with van der Waals surface area (Å²) in [6.45, 7) is 5.91. The maximum absolute atomic E-state index is 14.6. The number of rotatable bonds is 5. The zero-order valence-corrected chi connectivity index (χ0v) is 15.7. The molecule has 1 atom stereocenters. The van der Waals surface area contributed by atoms with E-state index in [0.717, 1.165) is 5.56 Å². The minimum atomic E-state index is -0.816. The Balaban J connectivity index is 1.50. The lowest BCUT2D eigenvalue weighted by molar-refractivity contribution is -0.127. The summed E-state index contributed by atoms with van der Waals surface area (Å²) in [5.74, 6) is -0.685. The highest BCUT2D eigenvalue weighted by Gasteiger charge is 2.20. The van der Waals surface area contributed by atoms with Gasteiger partial charge in [0.05, 0.1) is 6.54 Å². The predicted molar refractivity (Wildman–Crippen MR) is 105 cm³/mol. The molecule has 2 heterocycles. The van der Waals surface area contributed by atoms with Gasteiger partial charge in [0.2, 0.25) is 5.62 Å². The minimum absolute atomic E-state index is 0.139. The number of fused-ring (bicyclic) bond motifs is 2. The van der Waals surface area contributed by atoms with Crippen molar-refractivity contribution in [2.75, 3.05) is 0 Å². The van der Waals surface area contributed by atoms with Crippen molar-refractivity contribution in [1.29, 1.82) is 0 Å². The van der Waals surface area contributed by atoms with Crippen molar-refractivity contribution < 1.29 is 13.9 Å². The molecule has 29 heavy (non-hydrogen) atoms. The Hall–Kier alpha value is -3.68. The number of nitrogens with one attached hydrogen (secondary N) is 2. The van der Waals surface area contributed by atoms with Gasteiger partial charge < -0.3 is 14.6 Å². The van der Waals surface area contributed by atoms with E-state index in [1.54, 1.807) is 17.6 Å². The molecule has 0 aliphatic carbocycles. The normalized spacial score (nSPS) is 13.0. The molecule has 1 aliphatic rings. The van der Waals surface area contributed by atoms with Crippen LogP contribution in [0.4, 0.5) is 10.1 Å². The molecule has 0 saturated carbocycles. The summed E-state index contributed by atoms with van der Waals surface area (Å²) in [6, 6.07) is 12.3. The van der Waals surface area contributed by atoms with Crippen molar-refractivity contribution >= 4 is 18.2 Å². The molecule has 148 valence electrons. The van der Waals surface area contributed by atoms with Crippen LogP contribution in [0.2, 0.25) is 0 Å². The van der Waals surface area contributed by atoms with E-state index in [4.69, 9.17) is 4.74 Å². The molecule has 8 heteroatoms. The van der Waals surface area contributed by atoms with Crippen LogP contribution in [0.3, 0.4) is 0 Å². The quantitative estimate of drug-likeness (QED) is 0.532. The Bertz CT molecular complexity index is 1250. The van der Waals surface area contributed by atoms with E-state index in [1.807, 2.05) is 30.3 Å². The van der Waals surface area contributed by atoms with Crippen LogP contribution in [-0.2, 0) is 17.9 Å². The number of amides is 1. The highest BCUT2D eigenvalue weighted by Crippen LogP contribution is 2.30. The Kier molecular flexibility index (Phi) is 4.75. The number of halogens is 1. The zero-order valence-electron chi connectivity index (χ0n) is 15.7. The van der Waals surface area contributed by atoms with Gasteiger partial charge in [-0.25, -0.2) is 9.38 Å². The molecule has 0 bridgehead atoms. The zero-order chi connectivity index (χ0) is 20.5. The third-order valence-electron chi connectivity index (χ3n) is 4.72. The molecule has 3 aromatic rings. The molecule has 2 aromatic carbocycles. The van der Waals surface area contributed by atoms with Crippen molar-refractivity contribution in [1.82, 2.24) is 14.9 Å². The molecular formula is C21H19FN4O3. The van der Waals surface area contributed by atoms with Crippen LogP contribution < -0.4 is 26.6 Å². The van der Waals surface area contributed by atoms with Gasteiger partial charge in [0.25, 0.3) is 11.5 Å². The summed E-state index contributed by atoms with van der Waals surface area (Å²) < 4.78 is 21.8. The summed E-state index contributed by atoms with van der Waals surface area (Å²) in [5.41, 5.74) is 1.54. The SMILES string of the molecule is C=c1c(=O)[nH]c2n1Cc1cc(OC(C)C(=O)NCc3ccccc3)cc(F)c1N=2. The number of aromatic nitrogens is 2.